The van der Waals surface area contributed by atoms with Crippen molar-refractivity contribution in [1.82, 2.24) is 9.80 Å². The van der Waals surface area contributed by atoms with Crippen LogP contribution in [0.3, 0.4) is 0 Å². The second kappa shape index (κ2) is 9.79. The van der Waals surface area contributed by atoms with Gasteiger partial charge in [-0.2, -0.15) is 0 Å². The van der Waals surface area contributed by atoms with Gasteiger partial charge in [0, 0.05) is 38.2 Å². The van der Waals surface area contributed by atoms with Crippen molar-refractivity contribution in [2.45, 2.75) is 26.7 Å². The third-order valence-electron chi connectivity index (χ3n) is 4.18. The van der Waals surface area contributed by atoms with Crippen LogP contribution in [-0.2, 0) is 14.3 Å². The molecule has 26 heavy (non-hydrogen) atoms. The predicted molar refractivity (Wildman–Crippen MR) is 96.0 cm³/mol. The number of hydrogen-bond donors (Lipinski definition) is 0. The third kappa shape index (κ3) is 5.47. The Morgan fingerprint density at radius 2 is 1.50 bits per heavy atom. The fourth-order valence-corrected chi connectivity index (χ4v) is 2.80. The third-order valence-corrected chi connectivity index (χ3v) is 4.18. The molecule has 0 aliphatic carbocycles. The number of esters is 1. The van der Waals surface area contributed by atoms with Crippen LogP contribution in [0, 0.1) is 0 Å². The van der Waals surface area contributed by atoms with Crippen LogP contribution in [0.25, 0.3) is 0 Å². The largest absolute Gasteiger partial charge is 0.494 e. The van der Waals surface area contributed by atoms with E-state index in [9.17, 15) is 14.4 Å². The quantitative estimate of drug-likeness (QED) is 0.690. The van der Waals surface area contributed by atoms with Gasteiger partial charge in [0.1, 0.15) is 5.75 Å². The highest BCUT2D eigenvalue weighted by Crippen LogP contribution is 2.15. The van der Waals surface area contributed by atoms with Crippen LogP contribution < -0.4 is 4.74 Å². The van der Waals surface area contributed by atoms with Crippen LogP contribution in [0.1, 0.15) is 37.0 Å². The number of carbonyl (C=O) groups is 3. The number of hydrogen-bond acceptors (Lipinski definition) is 5. The molecule has 1 saturated heterocycles. The number of carbonyl (C=O) groups excluding carboxylic acids is 3. The first-order valence-electron chi connectivity index (χ1n) is 9.00. The first kappa shape index (κ1) is 19.8. The smallest absolute Gasteiger partial charge is 0.306 e. The summed E-state index contributed by atoms with van der Waals surface area (Å²) in [4.78, 5) is 39.5. The van der Waals surface area contributed by atoms with E-state index in [4.69, 9.17) is 9.47 Å². The lowest BCUT2D eigenvalue weighted by Gasteiger charge is -2.34. The molecular formula is C19H26N2O5. The number of amides is 2. The lowest BCUT2D eigenvalue weighted by atomic mass is 10.1. The van der Waals surface area contributed by atoms with E-state index >= 15 is 0 Å². The van der Waals surface area contributed by atoms with E-state index in [0.717, 1.165) is 5.75 Å². The maximum Gasteiger partial charge on any atom is 0.306 e. The predicted octanol–water partition coefficient (Wildman–Crippen LogP) is 1.71. The summed E-state index contributed by atoms with van der Waals surface area (Å²) in [6.45, 7) is 6.47. The normalized spacial score (nSPS) is 14.1. The molecule has 1 heterocycles. The lowest BCUT2D eigenvalue weighted by Crippen LogP contribution is -2.50. The summed E-state index contributed by atoms with van der Waals surface area (Å²) in [7, 11) is 0. The molecular weight excluding hydrogens is 336 g/mol. The maximum absolute atomic E-state index is 12.6. The van der Waals surface area contributed by atoms with E-state index in [1.165, 1.54) is 0 Å². The minimum atomic E-state index is -0.356. The zero-order valence-electron chi connectivity index (χ0n) is 15.4. The number of rotatable bonds is 7. The Labute approximate surface area is 153 Å². The zero-order valence-corrected chi connectivity index (χ0v) is 15.4. The lowest BCUT2D eigenvalue weighted by molar-refractivity contribution is -0.146. The highest BCUT2D eigenvalue weighted by atomic mass is 16.5. The van der Waals surface area contributed by atoms with Gasteiger partial charge in [-0.15, -0.1) is 0 Å². The van der Waals surface area contributed by atoms with Crippen LogP contribution in [0.15, 0.2) is 24.3 Å². The van der Waals surface area contributed by atoms with Crippen molar-refractivity contribution in [2.24, 2.45) is 0 Å². The molecule has 2 rings (SSSR count). The highest BCUT2D eigenvalue weighted by molar-refractivity contribution is 5.94. The Balaban J connectivity index is 1.80. The monoisotopic (exact) mass is 362 g/mol. The molecule has 142 valence electrons. The van der Waals surface area contributed by atoms with Gasteiger partial charge in [0.2, 0.25) is 5.91 Å². The number of piperazine rings is 1. The summed E-state index contributed by atoms with van der Waals surface area (Å²) in [6.07, 6.45) is 0.240. The Bertz CT molecular complexity index is 621. The average Bonchev–Trinajstić information content (AvgIpc) is 2.67. The fourth-order valence-electron chi connectivity index (χ4n) is 2.80. The van der Waals surface area contributed by atoms with Gasteiger partial charge in [-0.05, 0) is 38.1 Å². The minimum Gasteiger partial charge on any atom is -0.494 e. The summed E-state index contributed by atoms with van der Waals surface area (Å²) in [5.74, 6) is 0.254. The SMILES string of the molecule is CCOC(=O)CCC(=O)N1CCN(C(=O)c2ccc(OCC)cc2)CC1. The zero-order chi connectivity index (χ0) is 18.9. The van der Waals surface area contributed by atoms with Crippen LogP contribution in [-0.4, -0.2) is 67.0 Å². The van der Waals surface area contributed by atoms with E-state index in [1.807, 2.05) is 6.92 Å². The summed E-state index contributed by atoms with van der Waals surface area (Å²) in [5.41, 5.74) is 0.607. The Morgan fingerprint density at radius 1 is 0.885 bits per heavy atom. The topological polar surface area (TPSA) is 76.2 Å². The Morgan fingerprint density at radius 3 is 2.08 bits per heavy atom. The fraction of sp³-hybridized carbons (Fsp3) is 0.526. The number of benzene rings is 1. The van der Waals surface area contributed by atoms with Gasteiger partial charge in [0.05, 0.1) is 19.6 Å². The molecule has 0 atom stereocenters. The van der Waals surface area contributed by atoms with Gasteiger partial charge in [-0.3, -0.25) is 14.4 Å². The minimum absolute atomic E-state index is 0.0494. The van der Waals surface area contributed by atoms with E-state index in [-0.39, 0.29) is 30.6 Å². The molecule has 0 bridgehead atoms. The number of ether oxygens (including phenoxy) is 2. The molecule has 0 N–H and O–H groups in total. The molecule has 2 amide bonds. The van der Waals surface area contributed by atoms with Gasteiger partial charge < -0.3 is 19.3 Å². The van der Waals surface area contributed by atoms with Crippen molar-refractivity contribution in [1.29, 1.82) is 0 Å². The molecule has 7 nitrogen and oxygen atoms in total. The summed E-state index contributed by atoms with van der Waals surface area (Å²) in [6, 6.07) is 7.08. The Kier molecular flexibility index (Phi) is 7.44. The maximum atomic E-state index is 12.6. The summed E-state index contributed by atoms with van der Waals surface area (Å²) in [5, 5.41) is 0. The molecule has 1 aliphatic heterocycles. The molecule has 1 aromatic rings. The van der Waals surface area contributed by atoms with Crippen molar-refractivity contribution in [3.63, 3.8) is 0 Å². The molecule has 0 unspecified atom stereocenters. The van der Waals surface area contributed by atoms with Crippen molar-refractivity contribution in [3.05, 3.63) is 29.8 Å². The van der Waals surface area contributed by atoms with Crippen LogP contribution in [0.5, 0.6) is 5.75 Å². The van der Waals surface area contributed by atoms with Crippen molar-refractivity contribution >= 4 is 17.8 Å². The first-order valence-corrected chi connectivity index (χ1v) is 9.00. The van der Waals surface area contributed by atoms with Crippen molar-refractivity contribution in [3.8, 4) is 5.75 Å². The molecule has 7 heteroatoms. The first-order chi connectivity index (χ1) is 12.5. The summed E-state index contributed by atoms with van der Waals surface area (Å²) < 4.78 is 10.2. The molecule has 0 saturated carbocycles. The van der Waals surface area contributed by atoms with E-state index in [1.54, 1.807) is 41.0 Å². The number of nitrogens with zero attached hydrogens (tertiary/aromatic N) is 2. The van der Waals surface area contributed by atoms with Gasteiger partial charge in [-0.1, -0.05) is 0 Å². The molecule has 0 aromatic heterocycles. The van der Waals surface area contributed by atoms with Gasteiger partial charge in [0.15, 0.2) is 0 Å². The second-order valence-corrected chi connectivity index (χ2v) is 5.94. The van der Waals surface area contributed by atoms with Crippen LogP contribution >= 0.6 is 0 Å². The molecule has 1 aromatic carbocycles. The van der Waals surface area contributed by atoms with Gasteiger partial charge in [-0.25, -0.2) is 0 Å². The Hall–Kier alpha value is -2.57. The second-order valence-electron chi connectivity index (χ2n) is 5.94. The van der Waals surface area contributed by atoms with Crippen molar-refractivity contribution < 1.29 is 23.9 Å². The summed E-state index contributed by atoms with van der Waals surface area (Å²) >= 11 is 0. The van der Waals surface area contributed by atoms with E-state index < -0.39 is 0 Å². The molecule has 1 aliphatic rings. The average molecular weight is 362 g/mol. The standard InChI is InChI=1S/C19H26N2O5/c1-3-25-16-7-5-15(6-8-16)19(24)21-13-11-20(12-14-21)17(22)9-10-18(23)26-4-2/h5-8H,3-4,9-14H2,1-2H3. The van der Waals surface area contributed by atoms with Crippen LogP contribution in [0.4, 0.5) is 0 Å². The molecule has 0 radical (unpaired) electrons. The molecule has 1 fully saturated rings. The van der Waals surface area contributed by atoms with Gasteiger partial charge in [0.25, 0.3) is 5.91 Å². The molecule has 0 spiro atoms. The van der Waals surface area contributed by atoms with E-state index in [0.29, 0.717) is 45.0 Å². The van der Waals surface area contributed by atoms with Gasteiger partial charge >= 0.3 is 5.97 Å². The van der Waals surface area contributed by atoms with E-state index in [2.05, 4.69) is 0 Å². The van der Waals surface area contributed by atoms with Crippen molar-refractivity contribution in [2.75, 3.05) is 39.4 Å². The van der Waals surface area contributed by atoms with Crippen LogP contribution in [0.2, 0.25) is 0 Å². The highest BCUT2D eigenvalue weighted by Gasteiger charge is 2.25.